The third-order valence-corrected chi connectivity index (χ3v) is 4.28. The topological polar surface area (TPSA) is 52.6 Å². The van der Waals surface area contributed by atoms with Gasteiger partial charge in [0.05, 0.1) is 14.2 Å². The van der Waals surface area contributed by atoms with Crippen LogP contribution in [0, 0.1) is 13.8 Å². The minimum atomic E-state index is 0.0550. The Morgan fingerprint density at radius 1 is 0.760 bits per heavy atom. The molecule has 0 saturated heterocycles. The molecule has 2 aromatic carbocycles. The minimum Gasteiger partial charge on any atom is -0.497 e. The molecule has 0 unspecified atom stereocenters. The number of aryl methyl sites for hydroxylation is 2. The van der Waals surface area contributed by atoms with E-state index < -0.39 is 0 Å². The van der Waals surface area contributed by atoms with Crippen LogP contribution in [0.5, 0.6) is 11.5 Å². The first kappa shape index (κ1) is 18.7. The molecule has 4 heteroatoms. The Bertz CT molecular complexity index is 712. The molecule has 0 aliphatic heterocycles. The quantitative estimate of drug-likeness (QED) is 0.661. The lowest BCUT2D eigenvalue weighted by Gasteiger charge is -2.08. The summed E-state index contributed by atoms with van der Waals surface area (Å²) in [6.45, 7) is 3.78. The van der Waals surface area contributed by atoms with Gasteiger partial charge in [-0.2, -0.15) is 0 Å². The molecule has 0 aliphatic rings. The second-order valence-corrected chi connectivity index (χ2v) is 6.06. The van der Waals surface area contributed by atoms with E-state index in [1.54, 1.807) is 38.5 Å². The molecule has 0 radical (unpaired) electrons. The van der Waals surface area contributed by atoms with Crippen LogP contribution < -0.4 is 9.47 Å². The van der Waals surface area contributed by atoms with E-state index in [0.717, 1.165) is 22.6 Å². The van der Waals surface area contributed by atoms with Gasteiger partial charge in [0, 0.05) is 24.0 Å². The molecule has 4 nitrogen and oxygen atoms in total. The van der Waals surface area contributed by atoms with Gasteiger partial charge in [0.25, 0.3) is 0 Å². The summed E-state index contributed by atoms with van der Waals surface area (Å²) >= 11 is 0. The Hall–Kier alpha value is -2.62. The van der Waals surface area contributed by atoms with Crippen LogP contribution in [0.25, 0.3) is 0 Å². The summed E-state index contributed by atoms with van der Waals surface area (Å²) < 4.78 is 10.3. The van der Waals surface area contributed by atoms with Gasteiger partial charge in [0.15, 0.2) is 11.6 Å². The minimum absolute atomic E-state index is 0.0550. The summed E-state index contributed by atoms with van der Waals surface area (Å²) in [5, 5.41) is 0. The third kappa shape index (κ3) is 4.69. The lowest BCUT2D eigenvalue weighted by molar-refractivity contribution is 0.0956. The fourth-order valence-electron chi connectivity index (χ4n) is 2.83. The Morgan fingerprint density at radius 2 is 1.16 bits per heavy atom. The fraction of sp³-hybridized carbons (Fsp3) is 0.333. The number of hydrogen-bond donors (Lipinski definition) is 0. The molecule has 0 atom stereocenters. The van der Waals surface area contributed by atoms with Crippen LogP contribution in [0.2, 0.25) is 0 Å². The summed E-state index contributed by atoms with van der Waals surface area (Å²) in [5.41, 5.74) is 3.16. The van der Waals surface area contributed by atoms with Crippen molar-refractivity contribution in [3.63, 3.8) is 0 Å². The van der Waals surface area contributed by atoms with E-state index in [2.05, 4.69) is 0 Å². The van der Waals surface area contributed by atoms with Crippen LogP contribution >= 0.6 is 0 Å². The maximum absolute atomic E-state index is 12.4. The molecule has 2 rings (SSSR count). The maximum atomic E-state index is 12.4. The van der Waals surface area contributed by atoms with Crippen molar-refractivity contribution in [1.29, 1.82) is 0 Å². The molecule has 0 bridgehead atoms. The van der Waals surface area contributed by atoms with E-state index in [1.165, 1.54) is 0 Å². The number of carbonyl (C=O) groups excluding carboxylic acids is 2. The first-order chi connectivity index (χ1) is 12.0. The van der Waals surface area contributed by atoms with Crippen LogP contribution in [0.15, 0.2) is 36.4 Å². The summed E-state index contributed by atoms with van der Waals surface area (Å²) in [6.07, 6.45) is 1.25. The highest BCUT2D eigenvalue weighted by molar-refractivity contribution is 5.99. The predicted octanol–water partition coefficient (Wildman–Crippen LogP) is 4.56. The van der Waals surface area contributed by atoms with E-state index in [4.69, 9.17) is 9.47 Å². The summed E-state index contributed by atoms with van der Waals surface area (Å²) in [6, 6.07) is 10.8. The zero-order valence-corrected chi connectivity index (χ0v) is 15.2. The Balaban J connectivity index is 1.94. The average Bonchev–Trinajstić information content (AvgIpc) is 2.60. The molecule has 0 N–H and O–H groups in total. The molecule has 0 fully saturated rings. The van der Waals surface area contributed by atoms with Gasteiger partial charge in [0.1, 0.15) is 11.5 Å². The van der Waals surface area contributed by atoms with E-state index in [1.807, 2.05) is 26.0 Å². The van der Waals surface area contributed by atoms with Gasteiger partial charge >= 0.3 is 0 Å². The van der Waals surface area contributed by atoms with Gasteiger partial charge in [-0.3, -0.25) is 9.59 Å². The highest BCUT2D eigenvalue weighted by Crippen LogP contribution is 2.21. The van der Waals surface area contributed by atoms with E-state index in [0.29, 0.717) is 30.4 Å². The van der Waals surface area contributed by atoms with Crippen molar-refractivity contribution in [2.24, 2.45) is 0 Å². The lowest BCUT2D eigenvalue weighted by atomic mass is 9.97. The molecule has 0 aliphatic carbocycles. The van der Waals surface area contributed by atoms with Crippen molar-refractivity contribution in [2.45, 2.75) is 33.1 Å². The maximum Gasteiger partial charge on any atom is 0.163 e. The van der Waals surface area contributed by atoms with Crippen molar-refractivity contribution in [3.8, 4) is 11.5 Å². The van der Waals surface area contributed by atoms with Crippen LogP contribution in [-0.2, 0) is 0 Å². The molecule has 0 spiro atoms. The second kappa shape index (κ2) is 8.47. The molecule has 0 saturated carbocycles. The van der Waals surface area contributed by atoms with Crippen LogP contribution in [0.1, 0.15) is 51.1 Å². The molecule has 2 aromatic rings. The second-order valence-electron chi connectivity index (χ2n) is 6.06. The summed E-state index contributed by atoms with van der Waals surface area (Å²) in [5.74, 6) is 1.58. The Kier molecular flexibility index (Phi) is 6.34. The summed E-state index contributed by atoms with van der Waals surface area (Å²) in [7, 11) is 3.20. The normalized spacial score (nSPS) is 10.4. The molecule has 0 heterocycles. The van der Waals surface area contributed by atoms with Gasteiger partial charge in [-0.05, 0) is 67.8 Å². The number of Topliss-reactive ketones (excluding diaryl/α,β-unsaturated/α-hetero) is 2. The van der Waals surface area contributed by atoms with E-state index >= 15 is 0 Å². The van der Waals surface area contributed by atoms with Gasteiger partial charge in [-0.1, -0.05) is 0 Å². The number of carbonyl (C=O) groups is 2. The molecular weight excluding hydrogens is 316 g/mol. The third-order valence-electron chi connectivity index (χ3n) is 4.28. The zero-order chi connectivity index (χ0) is 18.4. The van der Waals surface area contributed by atoms with Crippen LogP contribution in [0.4, 0.5) is 0 Å². The van der Waals surface area contributed by atoms with Gasteiger partial charge in [-0.15, -0.1) is 0 Å². The monoisotopic (exact) mass is 340 g/mol. The Labute approximate surface area is 148 Å². The molecule has 0 aromatic heterocycles. The van der Waals surface area contributed by atoms with E-state index in [9.17, 15) is 9.59 Å². The number of ether oxygens (including phenoxy) is 2. The predicted molar refractivity (Wildman–Crippen MR) is 98.0 cm³/mol. The van der Waals surface area contributed by atoms with E-state index in [-0.39, 0.29) is 11.6 Å². The zero-order valence-electron chi connectivity index (χ0n) is 15.2. The molecular formula is C21H24O4. The summed E-state index contributed by atoms with van der Waals surface area (Å²) in [4.78, 5) is 24.7. The number of rotatable bonds is 8. The largest absolute Gasteiger partial charge is 0.497 e. The fourth-order valence-corrected chi connectivity index (χ4v) is 2.83. The van der Waals surface area contributed by atoms with Crippen molar-refractivity contribution in [1.82, 2.24) is 0 Å². The number of methoxy groups -OCH3 is 2. The van der Waals surface area contributed by atoms with Crippen molar-refractivity contribution in [3.05, 3.63) is 58.7 Å². The highest BCUT2D eigenvalue weighted by atomic mass is 16.5. The van der Waals surface area contributed by atoms with Crippen molar-refractivity contribution < 1.29 is 19.1 Å². The molecule has 25 heavy (non-hydrogen) atoms. The van der Waals surface area contributed by atoms with Crippen molar-refractivity contribution in [2.75, 3.05) is 14.2 Å². The van der Waals surface area contributed by atoms with Gasteiger partial charge < -0.3 is 9.47 Å². The number of ketones is 2. The number of hydrogen-bond acceptors (Lipinski definition) is 4. The Morgan fingerprint density at radius 3 is 1.48 bits per heavy atom. The lowest BCUT2D eigenvalue weighted by Crippen LogP contribution is -2.06. The van der Waals surface area contributed by atoms with Crippen molar-refractivity contribution >= 4 is 11.6 Å². The van der Waals surface area contributed by atoms with Gasteiger partial charge in [0.2, 0.25) is 0 Å². The van der Waals surface area contributed by atoms with Crippen LogP contribution in [0.3, 0.4) is 0 Å². The SMILES string of the molecule is COc1ccc(C(=O)CCCC(=O)c2ccc(OC)cc2C)c(C)c1. The standard InChI is InChI=1S/C21H24O4/c1-14-12-16(24-3)8-10-18(14)20(22)6-5-7-21(23)19-11-9-17(25-4)13-15(19)2/h8-13H,5-7H2,1-4H3. The van der Waals surface area contributed by atoms with Crippen LogP contribution in [-0.4, -0.2) is 25.8 Å². The smallest absolute Gasteiger partial charge is 0.163 e. The number of benzene rings is 2. The molecule has 132 valence electrons. The average molecular weight is 340 g/mol. The first-order valence-corrected chi connectivity index (χ1v) is 8.32. The highest BCUT2D eigenvalue weighted by Gasteiger charge is 2.13. The molecule has 0 amide bonds. The first-order valence-electron chi connectivity index (χ1n) is 8.32. The van der Waals surface area contributed by atoms with Gasteiger partial charge in [-0.25, -0.2) is 0 Å².